The smallest absolute Gasteiger partial charge is 0.459 e. The first-order valence-electron chi connectivity index (χ1n) is 11.7. The number of carbonyl (C=O) groups excluding carboxylic acids is 1. The summed E-state index contributed by atoms with van der Waals surface area (Å²) in [6.07, 6.45) is -2.51. The van der Waals surface area contributed by atoms with Gasteiger partial charge in [-0.2, -0.15) is 5.09 Å². The summed E-state index contributed by atoms with van der Waals surface area (Å²) in [5.41, 5.74) is -1.34. The molecule has 3 rings (SSSR count). The highest BCUT2D eigenvalue weighted by Gasteiger charge is 2.48. The van der Waals surface area contributed by atoms with Crippen LogP contribution in [-0.2, 0) is 23.4 Å². The molecule has 0 bridgehead atoms. The molecule has 0 spiro atoms. The van der Waals surface area contributed by atoms with Gasteiger partial charge in [0.25, 0.3) is 5.56 Å². The first-order chi connectivity index (χ1) is 17.4. The number of aromatic amines is 1. The Morgan fingerprint density at radius 2 is 1.89 bits per heavy atom. The zero-order chi connectivity index (χ0) is 27.3. The summed E-state index contributed by atoms with van der Waals surface area (Å²) in [4.78, 5) is 38.3. The van der Waals surface area contributed by atoms with Gasteiger partial charge in [-0.1, -0.05) is 18.2 Å². The quantitative estimate of drug-likeness (QED) is 0.212. The average Bonchev–Trinajstić information content (AvgIpc) is 3.14. The molecule has 1 fully saturated rings. The van der Waals surface area contributed by atoms with Crippen LogP contribution >= 0.6 is 19.3 Å². The number of carbonyl (C=O) groups is 1. The molecule has 1 saturated heterocycles. The Morgan fingerprint density at radius 1 is 1.22 bits per heavy atom. The van der Waals surface area contributed by atoms with E-state index in [1.165, 1.54) is 13.1 Å². The Labute approximate surface area is 218 Å². The molecule has 0 radical (unpaired) electrons. The summed E-state index contributed by atoms with van der Waals surface area (Å²) in [5.74, 6) is -1.23. The number of alkyl halides is 1. The maximum Gasteiger partial charge on any atom is 0.459 e. The number of halogens is 1. The first kappa shape index (κ1) is 29.1. The largest absolute Gasteiger partial charge is 0.462 e. The van der Waals surface area contributed by atoms with Gasteiger partial charge in [0.1, 0.15) is 24.1 Å². The number of aromatic nitrogens is 2. The number of ether oxygens (including phenoxy) is 2. The average molecular weight is 560 g/mol. The van der Waals surface area contributed by atoms with Gasteiger partial charge in [-0.25, -0.2) is 9.36 Å². The van der Waals surface area contributed by atoms with E-state index in [2.05, 4.69) is 10.1 Å². The lowest BCUT2D eigenvalue weighted by atomic mass is 9.96. The van der Waals surface area contributed by atoms with Crippen molar-refractivity contribution in [1.29, 1.82) is 0 Å². The highest BCUT2D eigenvalue weighted by Crippen LogP contribution is 2.47. The zero-order valence-electron chi connectivity index (χ0n) is 20.8. The van der Waals surface area contributed by atoms with Gasteiger partial charge in [0.2, 0.25) is 0 Å². The van der Waals surface area contributed by atoms with Crippen LogP contribution in [0.1, 0.15) is 33.9 Å². The van der Waals surface area contributed by atoms with Crippen LogP contribution in [0.2, 0.25) is 0 Å². The summed E-state index contributed by atoms with van der Waals surface area (Å²) < 4.78 is 37.1. The van der Waals surface area contributed by atoms with Crippen molar-refractivity contribution in [3.63, 3.8) is 0 Å². The van der Waals surface area contributed by atoms with Crippen LogP contribution in [0.5, 0.6) is 5.75 Å². The number of hydrogen-bond acceptors (Lipinski definition) is 9. The minimum atomic E-state index is -4.22. The second kappa shape index (κ2) is 12.4. The van der Waals surface area contributed by atoms with Crippen molar-refractivity contribution in [1.82, 2.24) is 14.6 Å². The number of H-pyrrole nitrogens is 1. The second-order valence-corrected chi connectivity index (χ2v) is 11.2. The summed E-state index contributed by atoms with van der Waals surface area (Å²) in [6.45, 7) is 5.98. The minimum Gasteiger partial charge on any atom is -0.462 e. The molecule has 0 amide bonds. The molecule has 1 aromatic heterocycles. The lowest BCUT2D eigenvalue weighted by Gasteiger charge is -2.25. The van der Waals surface area contributed by atoms with Gasteiger partial charge >= 0.3 is 19.4 Å². The monoisotopic (exact) mass is 559 g/mol. The van der Waals surface area contributed by atoms with Crippen LogP contribution in [-0.4, -0.2) is 57.0 Å². The van der Waals surface area contributed by atoms with Gasteiger partial charge in [0.05, 0.1) is 18.8 Å². The molecule has 2 heterocycles. The SMILES string of the molecule is CC(C)OC(=O)[C@@H](C)NP(=O)(OCC1OC(n2ccc(=O)[nH]c2=O)C(C(C)Cl)[C@@H]1O)Oc1ccccc1. The van der Waals surface area contributed by atoms with Gasteiger partial charge in [-0.05, 0) is 39.8 Å². The third kappa shape index (κ3) is 7.53. The number of esters is 1. The van der Waals surface area contributed by atoms with E-state index < -0.39 is 73.4 Å². The van der Waals surface area contributed by atoms with E-state index in [0.29, 0.717) is 0 Å². The highest BCUT2D eigenvalue weighted by atomic mass is 35.5. The topological polar surface area (TPSA) is 158 Å². The van der Waals surface area contributed by atoms with Crippen molar-refractivity contribution in [2.75, 3.05) is 6.61 Å². The van der Waals surface area contributed by atoms with E-state index in [1.54, 1.807) is 51.1 Å². The van der Waals surface area contributed by atoms with Gasteiger partial charge in [-0.15, -0.1) is 11.6 Å². The summed E-state index contributed by atoms with van der Waals surface area (Å²) in [6, 6.07) is 8.26. The zero-order valence-corrected chi connectivity index (χ0v) is 22.4. The molecule has 14 heteroatoms. The highest BCUT2D eigenvalue weighted by molar-refractivity contribution is 7.52. The second-order valence-electron chi connectivity index (χ2n) is 8.86. The molecular formula is C23H31ClN3O9P. The van der Waals surface area contributed by atoms with E-state index in [-0.39, 0.29) is 5.75 Å². The Balaban J connectivity index is 1.81. The van der Waals surface area contributed by atoms with Crippen LogP contribution < -0.4 is 20.9 Å². The van der Waals surface area contributed by atoms with Crippen molar-refractivity contribution >= 4 is 25.3 Å². The van der Waals surface area contributed by atoms with Crippen molar-refractivity contribution < 1.29 is 33.0 Å². The number of aliphatic hydroxyl groups is 1. The van der Waals surface area contributed by atoms with E-state index in [9.17, 15) is 24.1 Å². The van der Waals surface area contributed by atoms with Crippen molar-refractivity contribution in [3.8, 4) is 5.75 Å². The maximum atomic E-state index is 13.7. The third-order valence-electron chi connectivity index (χ3n) is 5.51. The molecule has 2 aromatic rings. The van der Waals surface area contributed by atoms with E-state index in [4.69, 9.17) is 30.1 Å². The lowest BCUT2D eigenvalue weighted by Crippen LogP contribution is -2.38. The number of hydrogen-bond donors (Lipinski definition) is 3. The minimum absolute atomic E-state index is 0.209. The van der Waals surface area contributed by atoms with Crippen LogP contribution in [0.4, 0.5) is 0 Å². The van der Waals surface area contributed by atoms with E-state index in [0.717, 1.165) is 10.6 Å². The fraction of sp³-hybridized carbons (Fsp3) is 0.522. The van der Waals surface area contributed by atoms with Gasteiger partial charge < -0.3 is 19.1 Å². The molecule has 0 saturated carbocycles. The molecule has 7 atom stereocenters. The molecule has 3 N–H and O–H groups in total. The van der Waals surface area contributed by atoms with Crippen LogP contribution in [0.25, 0.3) is 0 Å². The third-order valence-corrected chi connectivity index (χ3v) is 7.44. The molecule has 1 aliphatic rings. The molecule has 1 aliphatic heterocycles. The standard InChI is InChI=1S/C23H31ClN3O9P/c1-13(2)34-22(30)15(4)26-37(32,36-16-8-6-5-7-9-16)33-12-17-20(29)19(14(3)24)21(35-17)27-11-10-18(28)25-23(27)31/h5-11,13-15,17,19-21,29H,12H2,1-4H3,(H,26,32)(H,25,28,31)/t14?,15-,17?,19?,20-,21?,37?/m1/s1. The lowest BCUT2D eigenvalue weighted by molar-refractivity contribution is -0.149. The predicted molar refractivity (Wildman–Crippen MR) is 134 cm³/mol. The molecule has 0 aliphatic carbocycles. The fourth-order valence-corrected chi connectivity index (χ4v) is 5.56. The molecular weight excluding hydrogens is 529 g/mol. The predicted octanol–water partition coefficient (Wildman–Crippen LogP) is 2.17. The summed E-state index contributed by atoms with van der Waals surface area (Å²) in [5, 5.41) is 12.9. The normalized spacial score (nSPS) is 24.8. The summed E-state index contributed by atoms with van der Waals surface area (Å²) in [7, 11) is -4.22. The van der Waals surface area contributed by atoms with E-state index in [1.807, 2.05) is 0 Å². The number of nitrogens with zero attached hydrogens (tertiary/aromatic N) is 1. The fourth-order valence-electron chi connectivity index (χ4n) is 3.79. The summed E-state index contributed by atoms with van der Waals surface area (Å²) >= 11 is 6.30. The number of rotatable bonds is 11. The van der Waals surface area contributed by atoms with Crippen LogP contribution in [0.3, 0.4) is 0 Å². The van der Waals surface area contributed by atoms with E-state index >= 15 is 0 Å². The number of para-hydroxylation sites is 1. The number of aliphatic hydroxyl groups excluding tert-OH is 1. The Kier molecular flexibility index (Phi) is 9.74. The van der Waals surface area contributed by atoms with Gasteiger partial charge in [0, 0.05) is 23.6 Å². The molecule has 5 unspecified atom stereocenters. The molecule has 12 nitrogen and oxygen atoms in total. The number of benzene rings is 1. The van der Waals surface area contributed by atoms with Crippen molar-refractivity contribution in [3.05, 3.63) is 63.4 Å². The van der Waals surface area contributed by atoms with Crippen LogP contribution in [0.15, 0.2) is 52.2 Å². The Hall–Kier alpha value is -2.47. The maximum absolute atomic E-state index is 13.7. The van der Waals surface area contributed by atoms with Gasteiger partial charge in [0.15, 0.2) is 0 Å². The Bertz CT molecular complexity index is 1220. The van der Waals surface area contributed by atoms with Crippen LogP contribution in [0, 0.1) is 5.92 Å². The Morgan fingerprint density at radius 3 is 2.49 bits per heavy atom. The molecule has 204 valence electrons. The number of nitrogens with one attached hydrogen (secondary N) is 2. The molecule has 1 aromatic carbocycles. The van der Waals surface area contributed by atoms with Crippen molar-refractivity contribution in [2.45, 2.75) is 63.7 Å². The molecule has 37 heavy (non-hydrogen) atoms. The first-order valence-corrected chi connectivity index (χ1v) is 13.6. The van der Waals surface area contributed by atoms with Gasteiger partial charge in [-0.3, -0.25) is 23.7 Å². The van der Waals surface area contributed by atoms with Crippen molar-refractivity contribution in [2.24, 2.45) is 5.92 Å².